The number of rotatable bonds is 12. The van der Waals surface area contributed by atoms with E-state index in [1.807, 2.05) is 0 Å². The molecule has 11 heteroatoms. The van der Waals surface area contributed by atoms with Crippen molar-refractivity contribution in [3.05, 3.63) is 53.9 Å². The van der Waals surface area contributed by atoms with Crippen LogP contribution in [-0.4, -0.2) is 95.1 Å². The number of halogens is 1. The van der Waals surface area contributed by atoms with Crippen molar-refractivity contribution in [1.29, 1.82) is 0 Å². The lowest BCUT2D eigenvalue weighted by Gasteiger charge is -2.34. The van der Waals surface area contributed by atoms with Gasteiger partial charge in [-0.15, -0.1) is 0 Å². The van der Waals surface area contributed by atoms with Gasteiger partial charge in [-0.3, -0.25) is 14.4 Å². The number of aryl methyl sites for hydroxylation is 1. The number of likely N-dealkylation sites (N-methyl/N-ethyl adjacent to an activating group) is 1. The molecular formula is C27H39FN6O4. The quantitative estimate of drug-likeness (QED) is 0.429. The summed E-state index contributed by atoms with van der Waals surface area (Å²) in [4.78, 5) is 47.5. The molecule has 0 spiro atoms. The van der Waals surface area contributed by atoms with Gasteiger partial charge in [-0.25, -0.2) is 9.37 Å². The summed E-state index contributed by atoms with van der Waals surface area (Å²) < 4.78 is 20.5. The minimum Gasteiger partial charge on any atom is -0.379 e. The molecule has 208 valence electrons. The fraction of sp³-hybridized carbons (Fsp3) is 0.556. The Morgan fingerprint density at radius 1 is 1.24 bits per heavy atom. The van der Waals surface area contributed by atoms with Crippen molar-refractivity contribution in [2.45, 2.75) is 57.3 Å². The van der Waals surface area contributed by atoms with Crippen LogP contribution >= 0.6 is 0 Å². The first kappa shape index (κ1) is 29.2. The SMILES string of the molecule is CNC(C)C(=O)NC(C(=O)N1CCCC1CN(CCc1ccc(F)cc1)C(=O)c1nccn1C)C(C)OC. The molecule has 1 aliphatic heterocycles. The van der Waals surface area contributed by atoms with Crippen LogP contribution in [0.5, 0.6) is 0 Å². The van der Waals surface area contributed by atoms with Crippen LogP contribution in [0.15, 0.2) is 36.7 Å². The van der Waals surface area contributed by atoms with Gasteiger partial charge in [0.1, 0.15) is 11.9 Å². The topological polar surface area (TPSA) is 109 Å². The van der Waals surface area contributed by atoms with Crippen molar-refractivity contribution in [3.8, 4) is 0 Å². The lowest BCUT2D eigenvalue weighted by molar-refractivity contribution is -0.141. The summed E-state index contributed by atoms with van der Waals surface area (Å²) in [5, 5.41) is 5.71. The molecular weight excluding hydrogens is 491 g/mol. The molecule has 1 aromatic carbocycles. The number of benzene rings is 1. The summed E-state index contributed by atoms with van der Waals surface area (Å²) in [6.45, 7) is 4.68. The normalized spacial score (nSPS) is 17.6. The van der Waals surface area contributed by atoms with E-state index in [-0.39, 0.29) is 29.6 Å². The number of ether oxygens (including phenoxy) is 1. The number of imidazole rings is 1. The van der Waals surface area contributed by atoms with Crippen LogP contribution in [-0.2, 0) is 27.8 Å². The van der Waals surface area contributed by atoms with Gasteiger partial charge < -0.3 is 29.7 Å². The second-order valence-electron chi connectivity index (χ2n) is 9.75. The van der Waals surface area contributed by atoms with Gasteiger partial charge >= 0.3 is 0 Å². The standard InChI is InChI=1S/C27H39FN6O4/c1-18(29-3)25(35)31-23(19(2)38-5)26(36)34-14-6-7-22(34)17-33(27(37)24-30-13-16-32(24)4)15-12-20-8-10-21(28)11-9-20/h8-11,13,16,18-19,22-23,29H,6-7,12,14-15,17H2,1-5H3,(H,31,35). The smallest absolute Gasteiger partial charge is 0.289 e. The van der Waals surface area contributed by atoms with E-state index in [4.69, 9.17) is 4.74 Å². The first-order valence-electron chi connectivity index (χ1n) is 13.0. The number of hydrogen-bond donors (Lipinski definition) is 2. The first-order chi connectivity index (χ1) is 18.2. The number of carbonyl (C=O) groups is 3. The largest absolute Gasteiger partial charge is 0.379 e. The summed E-state index contributed by atoms with van der Waals surface area (Å²) in [5.41, 5.74) is 0.902. The van der Waals surface area contributed by atoms with E-state index in [2.05, 4.69) is 15.6 Å². The zero-order valence-corrected chi connectivity index (χ0v) is 22.8. The molecule has 0 aliphatic carbocycles. The van der Waals surface area contributed by atoms with E-state index in [9.17, 15) is 18.8 Å². The number of aromatic nitrogens is 2. The van der Waals surface area contributed by atoms with Crippen LogP contribution < -0.4 is 10.6 Å². The average molecular weight is 531 g/mol. The molecule has 2 N–H and O–H groups in total. The zero-order valence-electron chi connectivity index (χ0n) is 22.8. The Morgan fingerprint density at radius 2 is 1.95 bits per heavy atom. The predicted molar refractivity (Wildman–Crippen MR) is 141 cm³/mol. The summed E-state index contributed by atoms with van der Waals surface area (Å²) in [5.74, 6) is -0.778. The molecule has 4 atom stereocenters. The van der Waals surface area contributed by atoms with E-state index >= 15 is 0 Å². The Morgan fingerprint density at radius 3 is 2.55 bits per heavy atom. The summed E-state index contributed by atoms with van der Waals surface area (Å²) in [6, 6.07) is 4.65. The number of nitrogens with one attached hydrogen (secondary N) is 2. The van der Waals surface area contributed by atoms with Crippen molar-refractivity contribution < 1.29 is 23.5 Å². The number of carbonyl (C=O) groups excluding carboxylic acids is 3. The molecule has 0 radical (unpaired) electrons. The lowest BCUT2D eigenvalue weighted by atomic mass is 10.1. The van der Waals surface area contributed by atoms with Gasteiger partial charge in [0.2, 0.25) is 11.8 Å². The fourth-order valence-electron chi connectivity index (χ4n) is 4.58. The Balaban J connectivity index is 1.79. The van der Waals surface area contributed by atoms with Crippen molar-refractivity contribution in [1.82, 2.24) is 30.0 Å². The maximum Gasteiger partial charge on any atom is 0.289 e. The third-order valence-electron chi connectivity index (χ3n) is 7.21. The lowest BCUT2D eigenvalue weighted by Crippen LogP contribution is -2.58. The predicted octanol–water partition coefficient (Wildman–Crippen LogP) is 1.36. The monoisotopic (exact) mass is 530 g/mol. The third kappa shape index (κ3) is 7.16. The highest BCUT2D eigenvalue weighted by Gasteiger charge is 2.38. The van der Waals surface area contributed by atoms with E-state index in [0.29, 0.717) is 31.9 Å². The molecule has 10 nitrogen and oxygen atoms in total. The molecule has 2 aromatic rings. The van der Waals surface area contributed by atoms with Crippen LogP contribution in [0.25, 0.3) is 0 Å². The highest BCUT2D eigenvalue weighted by Crippen LogP contribution is 2.22. The van der Waals surface area contributed by atoms with E-state index in [1.54, 1.807) is 66.8 Å². The minimum absolute atomic E-state index is 0.231. The van der Waals surface area contributed by atoms with Crippen molar-refractivity contribution in [2.24, 2.45) is 7.05 Å². The molecule has 1 aromatic heterocycles. The third-order valence-corrected chi connectivity index (χ3v) is 7.21. The average Bonchev–Trinajstić information content (AvgIpc) is 3.57. The van der Waals surface area contributed by atoms with Gasteiger partial charge in [0.15, 0.2) is 5.82 Å². The van der Waals surface area contributed by atoms with Gasteiger partial charge in [-0.05, 0) is 57.9 Å². The number of methoxy groups -OCH3 is 1. The second-order valence-corrected chi connectivity index (χ2v) is 9.75. The van der Waals surface area contributed by atoms with Crippen molar-refractivity contribution in [3.63, 3.8) is 0 Å². The second kappa shape index (κ2) is 13.5. The Kier molecular flexibility index (Phi) is 10.4. The minimum atomic E-state index is -0.859. The molecule has 3 rings (SSSR count). The molecule has 38 heavy (non-hydrogen) atoms. The Bertz CT molecular complexity index is 1090. The van der Waals surface area contributed by atoms with Crippen molar-refractivity contribution >= 4 is 17.7 Å². The molecule has 0 saturated carbocycles. The molecule has 4 unspecified atom stereocenters. The number of nitrogens with zero attached hydrogens (tertiary/aromatic N) is 4. The van der Waals surface area contributed by atoms with E-state index in [0.717, 1.165) is 18.4 Å². The van der Waals surface area contributed by atoms with Crippen molar-refractivity contribution in [2.75, 3.05) is 33.8 Å². The van der Waals surface area contributed by atoms with Crippen LogP contribution in [0, 0.1) is 5.82 Å². The first-order valence-corrected chi connectivity index (χ1v) is 13.0. The van der Waals surface area contributed by atoms with Crippen LogP contribution in [0.2, 0.25) is 0 Å². The highest BCUT2D eigenvalue weighted by atomic mass is 19.1. The number of amides is 3. The van der Waals surface area contributed by atoms with Crippen LogP contribution in [0.4, 0.5) is 4.39 Å². The zero-order chi connectivity index (χ0) is 27.8. The summed E-state index contributed by atoms with van der Waals surface area (Å²) in [6.07, 6.45) is 4.78. The van der Waals surface area contributed by atoms with E-state index < -0.39 is 18.2 Å². The van der Waals surface area contributed by atoms with Gasteiger partial charge in [0.25, 0.3) is 5.91 Å². The van der Waals surface area contributed by atoms with Gasteiger partial charge in [-0.1, -0.05) is 12.1 Å². The summed E-state index contributed by atoms with van der Waals surface area (Å²) >= 11 is 0. The molecule has 2 heterocycles. The molecule has 3 amide bonds. The molecule has 1 fully saturated rings. The van der Waals surface area contributed by atoms with Gasteiger partial charge in [0.05, 0.1) is 12.1 Å². The fourth-order valence-corrected chi connectivity index (χ4v) is 4.58. The van der Waals surface area contributed by atoms with E-state index in [1.165, 1.54) is 19.2 Å². The van der Waals surface area contributed by atoms with Gasteiger partial charge in [0, 0.05) is 52.2 Å². The number of hydrogen-bond acceptors (Lipinski definition) is 6. The highest BCUT2D eigenvalue weighted by molar-refractivity contribution is 5.91. The molecule has 1 saturated heterocycles. The van der Waals surface area contributed by atoms with Gasteiger partial charge in [-0.2, -0.15) is 0 Å². The van der Waals surface area contributed by atoms with Crippen LogP contribution in [0.3, 0.4) is 0 Å². The maximum absolute atomic E-state index is 13.7. The van der Waals surface area contributed by atoms with Crippen LogP contribution in [0.1, 0.15) is 42.9 Å². The Hall–Kier alpha value is -3.31. The summed E-state index contributed by atoms with van der Waals surface area (Å²) in [7, 11) is 4.94. The Labute approximate surface area is 223 Å². The number of likely N-dealkylation sites (tertiary alicyclic amines) is 1. The maximum atomic E-state index is 13.7. The molecule has 0 bridgehead atoms. The molecule has 1 aliphatic rings.